The standard InChI is InChI=1S/C20H28N2O3/c1-3-21-10-5-6-19(23)17-9-11-22-13-15-12-16(24-4-2)7-8-20(15)25-14-18(17)22/h7-9,12,14,19,21,23H,3-6,10-11,13H2,1-2H3. The van der Waals surface area contributed by atoms with Crippen LogP contribution in [0.15, 0.2) is 41.8 Å². The van der Waals surface area contributed by atoms with E-state index in [1.165, 1.54) is 0 Å². The number of aliphatic hydroxyl groups is 1. The van der Waals surface area contributed by atoms with Crippen LogP contribution < -0.4 is 14.8 Å². The lowest BCUT2D eigenvalue weighted by molar-refractivity contribution is 0.196. The molecule has 0 bridgehead atoms. The Labute approximate surface area is 149 Å². The first-order chi connectivity index (χ1) is 12.2. The average Bonchev–Trinajstić information content (AvgIpc) is 2.92. The Hall–Kier alpha value is -1.98. The maximum atomic E-state index is 10.6. The lowest BCUT2D eigenvalue weighted by atomic mass is 10.0. The van der Waals surface area contributed by atoms with Crippen molar-refractivity contribution in [3.8, 4) is 11.5 Å². The largest absolute Gasteiger partial charge is 0.494 e. The van der Waals surface area contributed by atoms with Crippen LogP contribution in [-0.2, 0) is 6.54 Å². The molecule has 0 saturated carbocycles. The van der Waals surface area contributed by atoms with Crippen molar-refractivity contribution in [3.63, 3.8) is 0 Å². The van der Waals surface area contributed by atoms with Gasteiger partial charge in [0.1, 0.15) is 17.8 Å². The molecule has 3 rings (SSSR count). The number of hydrogen-bond donors (Lipinski definition) is 2. The van der Waals surface area contributed by atoms with Crippen LogP contribution in [0.4, 0.5) is 0 Å². The molecular weight excluding hydrogens is 316 g/mol. The van der Waals surface area contributed by atoms with E-state index in [4.69, 9.17) is 9.47 Å². The number of ether oxygens (including phenoxy) is 2. The minimum Gasteiger partial charge on any atom is -0.494 e. The molecule has 136 valence electrons. The Kier molecular flexibility index (Phi) is 6.00. The first-order valence-corrected chi connectivity index (χ1v) is 9.19. The van der Waals surface area contributed by atoms with E-state index in [0.717, 1.165) is 67.4 Å². The molecule has 25 heavy (non-hydrogen) atoms. The Morgan fingerprint density at radius 3 is 3.04 bits per heavy atom. The molecule has 5 nitrogen and oxygen atoms in total. The highest BCUT2D eigenvalue weighted by Gasteiger charge is 2.28. The van der Waals surface area contributed by atoms with Crippen molar-refractivity contribution in [3.05, 3.63) is 47.4 Å². The highest BCUT2D eigenvalue weighted by Crippen LogP contribution is 2.35. The summed E-state index contributed by atoms with van der Waals surface area (Å²) in [4.78, 5) is 2.24. The van der Waals surface area contributed by atoms with Crippen LogP contribution >= 0.6 is 0 Å². The van der Waals surface area contributed by atoms with Gasteiger partial charge in [0.25, 0.3) is 0 Å². The van der Waals surface area contributed by atoms with Crippen LogP contribution in [0.2, 0.25) is 0 Å². The molecule has 1 atom stereocenters. The van der Waals surface area contributed by atoms with Gasteiger partial charge in [-0.3, -0.25) is 0 Å². The fraction of sp³-hybridized carbons (Fsp3) is 0.500. The van der Waals surface area contributed by atoms with Crippen molar-refractivity contribution >= 4 is 0 Å². The summed E-state index contributed by atoms with van der Waals surface area (Å²) < 4.78 is 11.5. The van der Waals surface area contributed by atoms with Crippen molar-refractivity contribution in [1.29, 1.82) is 0 Å². The number of fused-ring (bicyclic) bond motifs is 2. The fourth-order valence-corrected chi connectivity index (χ4v) is 3.32. The van der Waals surface area contributed by atoms with Crippen LogP contribution in [0.5, 0.6) is 11.5 Å². The second-order valence-electron chi connectivity index (χ2n) is 6.38. The van der Waals surface area contributed by atoms with E-state index < -0.39 is 6.10 Å². The lowest BCUT2D eigenvalue weighted by Crippen LogP contribution is -2.22. The molecule has 2 heterocycles. The van der Waals surface area contributed by atoms with E-state index in [1.807, 2.05) is 25.1 Å². The van der Waals surface area contributed by atoms with Crippen molar-refractivity contribution in [1.82, 2.24) is 10.2 Å². The molecule has 2 N–H and O–H groups in total. The molecule has 0 aromatic heterocycles. The van der Waals surface area contributed by atoms with Gasteiger partial charge in [0.15, 0.2) is 0 Å². The molecule has 0 amide bonds. The van der Waals surface area contributed by atoms with Crippen molar-refractivity contribution in [2.24, 2.45) is 0 Å². The summed E-state index contributed by atoms with van der Waals surface area (Å²) in [6.07, 6.45) is 5.16. The van der Waals surface area contributed by atoms with Gasteiger partial charge < -0.3 is 24.8 Å². The fourth-order valence-electron chi connectivity index (χ4n) is 3.32. The van der Waals surface area contributed by atoms with E-state index in [-0.39, 0.29) is 0 Å². The molecule has 0 aliphatic carbocycles. The number of nitrogens with zero attached hydrogens (tertiary/aromatic N) is 1. The average molecular weight is 344 g/mol. The quantitative estimate of drug-likeness (QED) is 0.710. The van der Waals surface area contributed by atoms with Gasteiger partial charge in [0.2, 0.25) is 0 Å². The van der Waals surface area contributed by atoms with Crippen LogP contribution in [-0.4, -0.2) is 42.4 Å². The number of benzene rings is 1. The molecule has 2 aliphatic heterocycles. The first kappa shape index (κ1) is 17.8. The number of aliphatic hydroxyl groups excluding tert-OH is 1. The zero-order valence-corrected chi connectivity index (χ0v) is 15.1. The second-order valence-corrected chi connectivity index (χ2v) is 6.38. The van der Waals surface area contributed by atoms with Gasteiger partial charge >= 0.3 is 0 Å². The minimum absolute atomic E-state index is 0.446. The maximum absolute atomic E-state index is 10.6. The smallest absolute Gasteiger partial charge is 0.131 e. The van der Waals surface area contributed by atoms with Crippen molar-refractivity contribution < 1.29 is 14.6 Å². The van der Waals surface area contributed by atoms with Gasteiger partial charge in [0.05, 0.1) is 18.4 Å². The van der Waals surface area contributed by atoms with E-state index in [2.05, 4.69) is 23.2 Å². The molecule has 1 aromatic carbocycles. The summed E-state index contributed by atoms with van der Waals surface area (Å²) in [6, 6.07) is 5.93. The number of nitrogens with one attached hydrogen (secondary N) is 1. The Morgan fingerprint density at radius 1 is 1.36 bits per heavy atom. The normalized spacial score (nSPS) is 17.0. The molecule has 5 heteroatoms. The molecule has 0 fully saturated rings. The van der Waals surface area contributed by atoms with Crippen molar-refractivity contribution in [2.75, 3.05) is 26.2 Å². The van der Waals surface area contributed by atoms with Gasteiger partial charge in [-0.15, -0.1) is 0 Å². The van der Waals surface area contributed by atoms with Crippen LogP contribution in [0.1, 0.15) is 32.3 Å². The molecule has 0 saturated heterocycles. The van der Waals surface area contributed by atoms with Crippen molar-refractivity contribution in [2.45, 2.75) is 39.3 Å². The van der Waals surface area contributed by atoms with Crippen LogP contribution in [0.3, 0.4) is 0 Å². The predicted molar refractivity (Wildman–Crippen MR) is 98.6 cm³/mol. The van der Waals surface area contributed by atoms with E-state index in [9.17, 15) is 5.11 Å². The molecule has 1 aromatic rings. The molecule has 2 aliphatic rings. The Bertz CT molecular complexity index is 654. The second kappa shape index (κ2) is 8.41. The highest BCUT2D eigenvalue weighted by atomic mass is 16.5. The topological polar surface area (TPSA) is 54.0 Å². The van der Waals surface area contributed by atoms with Gasteiger partial charge in [-0.1, -0.05) is 13.0 Å². The zero-order valence-electron chi connectivity index (χ0n) is 15.1. The first-order valence-electron chi connectivity index (χ1n) is 9.19. The third-order valence-electron chi connectivity index (χ3n) is 4.61. The third kappa shape index (κ3) is 4.17. The third-order valence-corrected chi connectivity index (χ3v) is 4.61. The number of hydrogen-bond acceptors (Lipinski definition) is 5. The van der Waals surface area contributed by atoms with Gasteiger partial charge in [0, 0.05) is 24.2 Å². The molecule has 1 unspecified atom stereocenters. The lowest BCUT2D eigenvalue weighted by Gasteiger charge is -2.21. The summed E-state index contributed by atoms with van der Waals surface area (Å²) in [5.41, 5.74) is 3.08. The summed E-state index contributed by atoms with van der Waals surface area (Å²) in [5.74, 6) is 1.72. The molecule has 0 spiro atoms. The Balaban J connectivity index is 1.67. The van der Waals surface area contributed by atoms with Crippen LogP contribution in [0.25, 0.3) is 0 Å². The van der Waals surface area contributed by atoms with Gasteiger partial charge in [-0.05, 0) is 51.1 Å². The monoisotopic (exact) mass is 344 g/mol. The SMILES string of the molecule is CCNCCCC(O)C1=CCN2Cc3cc(OCC)ccc3OC=C12. The predicted octanol–water partition coefficient (Wildman–Crippen LogP) is 2.81. The molecule has 0 radical (unpaired) electrons. The summed E-state index contributed by atoms with van der Waals surface area (Å²) >= 11 is 0. The van der Waals surface area contributed by atoms with Gasteiger partial charge in [-0.2, -0.15) is 0 Å². The Morgan fingerprint density at radius 2 is 2.24 bits per heavy atom. The van der Waals surface area contributed by atoms with E-state index in [0.29, 0.717) is 6.61 Å². The summed E-state index contributed by atoms with van der Waals surface area (Å²) in [6.45, 7) is 8.18. The number of rotatable bonds is 8. The van der Waals surface area contributed by atoms with Gasteiger partial charge in [-0.25, -0.2) is 0 Å². The zero-order chi connectivity index (χ0) is 17.6. The van der Waals surface area contributed by atoms with E-state index >= 15 is 0 Å². The van der Waals surface area contributed by atoms with E-state index in [1.54, 1.807) is 6.26 Å². The summed E-state index contributed by atoms with van der Waals surface area (Å²) in [7, 11) is 0. The van der Waals surface area contributed by atoms with Crippen LogP contribution in [0, 0.1) is 0 Å². The molecular formula is C20H28N2O3. The highest BCUT2D eigenvalue weighted by molar-refractivity contribution is 5.45. The minimum atomic E-state index is -0.446. The maximum Gasteiger partial charge on any atom is 0.131 e. The summed E-state index contributed by atoms with van der Waals surface area (Å²) in [5, 5.41) is 13.9.